The Balaban J connectivity index is 1.88. The minimum atomic E-state index is -0.0797. The molecule has 0 bridgehead atoms. The number of ether oxygens (including phenoxy) is 1. The molecule has 2 heterocycles. The van der Waals surface area contributed by atoms with E-state index in [1.807, 2.05) is 25.1 Å². The lowest BCUT2D eigenvalue weighted by Gasteiger charge is -2.15. The molecule has 2 aromatic rings. The summed E-state index contributed by atoms with van der Waals surface area (Å²) in [5.74, 6) is 2.65. The number of fused-ring (bicyclic) bond motifs is 1. The average Bonchev–Trinajstić information content (AvgIpc) is 2.92. The van der Waals surface area contributed by atoms with Crippen LogP contribution >= 0.6 is 0 Å². The maximum Gasteiger partial charge on any atom is 0.172 e. The van der Waals surface area contributed by atoms with Gasteiger partial charge in [-0.15, -0.1) is 0 Å². The Morgan fingerprint density at radius 3 is 2.81 bits per heavy atom. The van der Waals surface area contributed by atoms with Crippen molar-refractivity contribution in [2.45, 2.75) is 39.7 Å². The molecule has 0 fully saturated rings. The van der Waals surface area contributed by atoms with Gasteiger partial charge in [0, 0.05) is 24.2 Å². The molecule has 0 spiro atoms. The van der Waals surface area contributed by atoms with Crippen LogP contribution in [0, 0.1) is 13.8 Å². The summed E-state index contributed by atoms with van der Waals surface area (Å²) in [5, 5.41) is 3.38. The third kappa shape index (κ3) is 2.71. The summed E-state index contributed by atoms with van der Waals surface area (Å²) in [6.07, 6.45) is 1.83. The minimum Gasteiger partial charge on any atom is -0.482 e. The van der Waals surface area contributed by atoms with E-state index in [0.29, 0.717) is 0 Å². The Morgan fingerprint density at radius 2 is 2.05 bits per heavy atom. The third-order valence-corrected chi connectivity index (χ3v) is 3.88. The average molecular weight is 283 g/mol. The largest absolute Gasteiger partial charge is 0.482 e. The van der Waals surface area contributed by atoms with Crippen molar-refractivity contribution in [3.05, 3.63) is 46.9 Å². The molecule has 0 saturated carbocycles. The van der Waals surface area contributed by atoms with E-state index in [1.54, 1.807) is 0 Å². The molecule has 1 aliphatic heterocycles. The Labute approximate surface area is 125 Å². The summed E-state index contributed by atoms with van der Waals surface area (Å²) >= 11 is 0. The predicted molar refractivity (Wildman–Crippen MR) is 83.8 cm³/mol. The van der Waals surface area contributed by atoms with Crippen molar-refractivity contribution in [1.29, 1.82) is 0 Å². The van der Waals surface area contributed by atoms with Crippen LogP contribution in [-0.2, 0) is 6.42 Å². The highest BCUT2D eigenvalue weighted by Gasteiger charge is 2.27. The molecule has 1 atom stereocenters. The van der Waals surface area contributed by atoms with Crippen LogP contribution in [0.25, 0.3) is 0 Å². The van der Waals surface area contributed by atoms with Gasteiger partial charge in [-0.2, -0.15) is 0 Å². The Morgan fingerprint density at radius 1 is 1.24 bits per heavy atom. The zero-order chi connectivity index (χ0) is 14.8. The van der Waals surface area contributed by atoms with Crippen LogP contribution in [0.4, 0.5) is 5.82 Å². The molecule has 4 nitrogen and oxygen atoms in total. The standard InChI is InChI=1S/C17H21N3O/c1-4-9-18-16-11(2)12(3)19-17(20-16)15-10-13-7-5-6-8-14(13)21-15/h5-8,15H,4,9-10H2,1-3H3,(H,18,19,20). The number of hydrogen-bond acceptors (Lipinski definition) is 4. The highest BCUT2D eigenvalue weighted by Crippen LogP contribution is 2.35. The topological polar surface area (TPSA) is 47.0 Å². The van der Waals surface area contributed by atoms with Gasteiger partial charge < -0.3 is 10.1 Å². The number of benzene rings is 1. The molecule has 0 amide bonds. The molecule has 0 saturated heterocycles. The van der Waals surface area contributed by atoms with E-state index in [2.05, 4.69) is 35.2 Å². The molecule has 21 heavy (non-hydrogen) atoms. The smallest absolute Gasteiger partial charge is 0.172 e. The maximum atomic E-state index is 5.99. The first kappa shape index (κ1) is 13.9. The van der Waals surface area contributed by atoms with Crippen LogP contribution in [-0.4, -0.2) is 16.5 Å². The van der Waals surface area contributed by atoms with Gasteiger partial charge in [0.15, 0.2) is 11.9 Å². The van der Waals surface area contributed by atoms with Crippen LogP contribution in [0.1, 0.15) is 42.1 Å². The number of aromatic nitrogens is 2. The van der Waals surface area contributed by atoms with E-state index in [9.17, 15) is 0 Å². The lowest BCUT2D eigenvalue weighted by Crippen LogP contribution is -2.14. The minimum absolute atomic E-state index is 0.0797. The monoisotopic (exact) mass is 283 g/mol. The second-order valence-corrected chi connectivity index (χ2v) is 5.49. The summed E-state index contributed by atoms with van der Waals surface area (Å²) < 4.78 is 5.99. The molecule has 110 valence electrons. The molecule has 0 radical (unpaired) electrons. The van der Waals surface area contributed by atoms with Gasteiger partial charge in [0.2, 0.25) is 0 Å². The summed E-state index contributed by atoms with van der Waals surface area (Å²) in [4.78, 5) is 9.32. The van der Waals surface area contributed by atoms with Gasteiger partial charge in [-0.05, 0) is 31.9 Å². The summed E-state index contributed by atoms with van der Waals surface area (Å²) in [6, 6.07) is 8.15. The predicted octanol–water partition coefficient (Wildman–Crippen LogP) is 3.59. The normalized spacial score (nSPS) is 16.4. The van der Waals surface area contributed by atoms with E-state index in [4.69, 9.17) is 4.74 Å². The summed E-state index contributed by atoms with van der Waals surface area (Å²) in [7, 11) is 0. The molecular weight excluding hydrogens is 262 g/mol. The van der Waals surface area contributed by atoms with Gasteiger partial charge in [-0.1, -0.05) is 25.1 Å². The fraction of sp³-hybridized carbons (Fsp3) is 0.412. The number of rotatable bonds is 4. The second kappa shape index (κ2) is 5.72. The van der Waals surface area contributed by atoms with Gasteiger partial charge in [0.25, 0.3) is 0 Å². The molecule has 0 aliphatic carbocycles. The van der Waals surface area contributed by atoms with Crippen molar-refractivity contribution in [3.63, 3.8) is 0 Å². The molecule has 1 aromatic heterocycles. The van der Waals surface area contributed by atoms with Crippen molar-refractivity contribution >= 4 is 5.82 Å². The van der Waals surface area contributed by atoms with Gasteiger partial charge in [0.05, 0.1) is 0 Å². The molecule has 1 N–H and O–H groups in total. The van der Waals surface area contributed by atoms with Crippen molar-refractivity contribution < 1.29 is 4.74 Å². The fourth-order valence-corrected chi connectivity index (χ4v) is 2.54. The third-order valence-electron chi connectivity index (χ3n) is 3.88. The molecule has 1 unspecified atom stereocenters. The first-order valence-corrected chi connectivity index (χ1v) is 7.52. The summed E-state index contributed by atoms with van der Waals surface area (Å²) in [6.45, 7) is 7.15. The summed E-state index contributed by atoms with van der Waals surface area (Å²) in [5.41, 5.74) is 3.35. The first-order chi connectivity index (χ1) is 10.2. The van der Waals surface area contributed by atoms with Crippen LogP contribution in [0.5, 0.6) is 5.75 Å². The quantitative estimate of drug-likeness (QED) is 0.931. The van der Waals surface area contributed by atoms with Gasteiger partial charge >= 0.3 is 0 Å². The lowest BCUT2D eigenvalue weighted by atomic mass is 10.1. The van der Waals surface area contributed by atoms with Crippen LogP contribution in [0.2, 0.25) is 0 Å². The Hall–Kier alpha value is -2.10. The number of nitrogens with zero attached hydrogens (tertiary/aromatic N) is 2. The number of hydrogen-bond donors (Lipinski definition) is 1. The van der Waals surface area contributed by atoms with Crippen LogP contribution < -0.4 is 10.1 Å². The van der Waals surface area contributed by atoms with Crippen LogP contribution in [0.15, 0.2) is 24.3 Å². The number of nitrogens with one attached hydrogen (secondary N) is 1. The fourth-order valence-electron chi connectivity index (χ4n) is 2.54. The van der Waals surface area contributed by atoms with Crippen molar-refractivity contribution in [2.75, 3.05) is 11.9 Å². The number of anilines is 1. The molecule has 3 rings (SSSR count). The van der Waals surface area contributed by atoms with Crippen molar-refractivity contribution in [1.82, 2.24) is 9.97 Å². The Bertz CT molecular complexity index is 629. The highest BCUT2D eigenvalue weighted by atomic mass is 16.5. The van der Waals surface area contributed by atoms with E-state index in [0.717, 1.165) is 48.0 Å². The first-order valence-electron chi connectivity index (χ1n) is 7.52. The van der Waals surface area contributed by atoms with Crippen LogP contribution in [0.3, 0.4) is 0 Å². The zero-order valence-electron chi connectivity index (χ0n) is 12.8. The molecule has 1 aromatic carbocycles. The maximum absolute atomic E-state index is 5.99. The van der Waals surface area contributed by atoms with Gasteiger partial charge in [-0.3, -0.25) is 0 Å². The lowest BCUT2D eigenvalue weighted by molar-refractivity contribution is 0.227. The van der Waals surface area contributed by atoms with E-state index >= 15 is 0 Å². The second-order valence-electron chi connectivity index (χ2n) is 5.49. The van der Waals surface area contributed by atoms with E-state index < -0.39 is 0 Å². The number of para-hydroxylation sites is 1. The zero-order valence-corrected chi connectivity index (χ0v) is 12.8. The van der Waals surface area contributed by atoms with E-state index in [1.165, 1.54) is 5.56 Å². The van der Waals surface area contributed by atoms with Crippen molar-refractivity contribution in [3.8, 4) is 5.75 Å². The molecule has 4 heteroatoms. The van der Waals surface area contributed by atoms with Gasteiger partial charge in [0.1, 0.15) is 11.6 Å². The Kier molecular flexibility index (Phi) is 3.78. The number of aryl methyl sites for hydroxylation is 1. The van der Waals surface area contributed by atoms with E-state index in [-0.39, 0.29) is 6.10 Å². The van der Waals surface area contributed by atoms with Crippen molar-refractivity contribution in [2.24, 2.45) is 0 Å². The molecule has 1 aliphatic rings. The van der Waals surface area contributed by atoms with Gasteiger partial charge in [-0.25, -0.2) is 9.97 Å². The SMILES string of the molecule is CCCNc1nc(C2Cc3ccccc3O2)nc(C)c1C. The molecular formula is C17H21N3O. The highest BCUT2D eigenvalue weighted by molar-refractivity contribution is 5.46.